The highest BCUT2D eigenvalue weighted by Gasteiger charge is 2.16. The first kappa shape index (κ1) is 20.8. The monoisotopic (exact) mass is 421 g/mol. The van der Waals surface area contributed by atoms with E-state index in [2.05, 4.69) is 34.3 Å². The molecule has 5 nitrogen and oxygen atoms in total. The van der Waals surface area contributed by atoms with E-state index in [0.29, 0.717) is 22.3 Å². The molecule has 1 N–H and O–H groups in total. The van der Waals surface area contributed by atoms with Gasteiger partial charge in [0.25, 0.3) is 0 Å². The fourth-order valence-electron chi connectivity index (χ4n) is 3.13. The summed E-state index contributed by atoms with van der Waals surface area (Å²) >= 11 is 11.8. The van der Waals surface area contributed by atoms with Gasteiger partial charge >= 0.3 is 0 Å². The number of para-hydroxylation sites is 1. The van der Waals surface area contributed by atoms with Gasteiger partial charge in [-0.3, -0.25) is 4.79 Å². The molecule has 1 heterocycles. The Morgan fingerprint density at radius 3 is 2.57 bits per heavy atom. The van der Waals surface area contributed by atoms with E-state index in [9.17, 15) is 4.79 Å². The van der Waals surface area contributed by atoms with Crippen LogP contribution < -0.4 is 15.0 Å². The topological polar surface area (TPSA) is 44.8 Å². The van der Waals surface area contributed by atoms with Crippen molar-refractivity contribution in [2.45, 2.75) is 13.0 Å². The molecule has 7 heteroatoms. The Kier molecular flexibility index (Phi) is 7.43. The number of likely N-dealkylation sites (N-methyl/N-ethyl adjacent to an activating group) is 1. The highest BCUT2D eigenvalue weighted by Crippen LogP contribution is 2.26. The van der Waals surface area contributed by atoms with Gasteiger partial charge in [0.05, 0.1) is 23.1 Å². The number of halogens is 2. The summed E-state index contributed by atoms with van der Waals surface area (Å²) in [6.07, 6.45) is 0.275. The first-order valence-corrected chi connectivity index (χ1v) is 10.1. The Balaban J connectivity index is 1.47. The van der Waals surface area contributed by atoms with E-state index in [1.807, 2.05) is 12.1 Å². The van der Waals surface area contributed by atoms with Crippen molar-refractivity contribution in [1.82, 2.24) is 10.2 Å². The molecule has 1 amide bonds. The summed E-state index contributed by atoms with van der Waals surface area (Å²) in [4.78, 5) is 16.9. The number of hydrogen-bond acceptors (Lipinski definition) is 4. The number of ether oxygens (including phenoxy) is 1. The molecule has 2 aromatic carbocycles. The summed E-state index contributed by atoms with van der Waals surface area (Å²) in [7, 11) is 2.14. The van der Waals surface area contributed by atoms with Crippen LogP contribution in [0.4, 0.5) is 5.69 Å². The molecule has 0 aromatic heterocycles. The van der Waals surface area contributed by atoms with Gasteiger partial charge in [-0.1, -0.05) is 41.4 Å². The Morgan fingerprint density at radius 1 is 1.07 bits per heavy atom. The third-order valence-electron chi connectivity index (χ3n) is 4.80. The van der Waals surface area contributed by atoms with Crippen LogP contribution in [0, 0.1) is 0 Å². The third kappa shape index (κ3) is 5.77. The molecule has 1 fully saturated rings. The van der Waals surface area contributed by atoms with Gasteiger partial charge in [-0.15, -0.1) is 0 Å². The Bertz CT molecular complexity index is 808. The molecule has 0 bridgehead atoms. The fraction of sp³-hybridized carbons (Fsp3) is 0.381. The number of hydrogen-bond donors (Lipinski definition) is 1. The Morgan fingerprint density at radius 2 is 1.82 bits per heavy atom. The van der Waals surface area contributed by atoms with E-state index in [0.717, 1.165) is 31.7 Å². The summed E-state index contributed by atoms with van der Waals surface area (Å²) in [6, 6.07) is 13.3. The molecule has 1 saturated heterocycles. The van der Waals surface area contributed by atoms with Crippen molar-refractivity contribution in [3.05, 3.63) is 58.1 Å². The van der Waals surface area contributed by atoms with Crippen LogP contribution in [0.15, 0.2) is 42.5 Å². The molecule has 0 radical (unpaired) electrons. The third-order valence-corrected chi connectivity index (χ3v) is 5.54. The molecule has 0 unspecified atom stereocenters. The molecule has 3 rings (SSSR count). The number of nitrogens with zero attached hydrogens (tertiary/aromatic N) is 2. The number of carbonyl (C=O) groups is 1. The highest BCUT2D eigenvalue weighted by molar-refractivity contribution is 6.42. The lowest BCUT2D eigenvalue weighted by molar-refractivity contribution is -0.121. The lowest BCUT2D eigenvalue weighted by Crippen LogP contribution is -2.45. The van der Waals surface area contributed by atoms with Crippen molar-refractivity contribution in [3.63, 3.8) is 0 Å². The van der Waals surface area contributed by atoms with Crippen LogP contribution in [-0.2, 0) is 11.3 Å². The van der Waals surface area contributed by atoms with Crippen LogP contribution in [0.5, 0.6) is 5.75 Å². The van der Waals surface area contributed by atoms with Gasteiger partial charge < -0.3 is 19.9 Å². The second kappa shape index (κ2) is 10.0. The molecule has 28 heavy (non-hydrogen) atoms. The van der Waals surface area contributed by atoms with Crippen molar-refractivity contribution < 1.29 is 9.53 Å². The molecule has 2 aromatic rings. The van der Waals surface area contributed by atoms with Crippen molar-refractivity contribution in [3.8, 4) is 5.75 Å². The van der Waals surface area contributed by atoms with E-state index < -0.39 is 0 Å². The number of piperazine rings is 1. The Hall–Kier alpha value is -1.95. The lowest BCUT2D eigenvalue weighted by Gasteiger charge is -2.35. The van der Waals surface area contributed by atoms with Gasteiger partial charge in [-0.05, 0) is 30.8 Å². The minimum absolute atomic E-state index is 0.0479. The Labute approximate surface area is 176 Å². The SMILES string of the molecule is CN1CCN(c2ccccc2CNC(=O)CCOc2ccc(Cl)c(Cl)c2)CC1. The first-order valence-electron chi connectivity index (χ1n) is 9.39. The second-order valence-corrected chi connectivity index (χ2v) is 7.68. The van der Waals surface area contributed by atoms with Gasteiger partial charge in [0.1, 0.15) is 5.75 Å². The van der Waals surface area contributed by atoms with Gasteiger partial charge in [-0.2, -0.15) is 0 Å². The highest BCUT2D eigenvalue weighted by atomic mass is 35.5. The molecular formula is C21H25Cl2N3O2. The zero-order valence-corrected chi connectivity index (χ0v) is 17.5. The van der Waals surface area contributed by atoms with Crippen molar-refractivity contribution in [2.75, 3.05) is 44.7 Å². The predicted molar refractivity (Wildman–Crippen MR) is 115 cm³/mol. The molecule has 150 valence electrons. The largest absolute Gasteiger partial charge is 0.493 e. The predicted octanol–water partition coefficient (Wildman–Crippen LogP) is 3.83. The number of carbonyl (C=O) groups excluding carboxylic acids is 1. The van der Waals surface area contributed by atoms with Crippen molar-refractivity contribution in [2.24, 2.45) is 0 Å². The summed E-state index contributed by atoms with van der Waals surface area (Å²) in [6.45, 7) is 4.88. The van der Waals surface area contributed by atoms with Crippen molar-refractivity contribution >= 4 is 34.8 Å². The normalized spacial score (nSPS) is 14.8. The summed E-state index contributed by atoms with van der Waals surface area (Å²) in [5, 5.41) is 3.90. The molecule has 0 atom stereocenters. The maximum atomic E-state index is 12.2. The molecule has 1 aliphatic rings. The van der Waals surface area contributed by atoms with Crippen LogP contribution in [0.2, 0.25) is 10.0 Å². The fourth-order valence-corrected chi connectivity index (χ4v) is 3.41. The minimum atomic E-state index is -0.0479. The number of benzene rings is 2. The zero-order chi connectivity index (χ0) is 19.9. The molecule has 0 spiro atoms. The lowest BCUT2D eigenvalue weighted by atomic mass is 10.1. The first-order chi connectivity index (χ1) is 13.5. The smallest absolute Gasteiger partial charge is 0.223 e. The molecular weight excluding hydrogens is 397 g/mol. The maximum absolute atomic E-state index is 12.2. The van der Waals surface area contributed by atoms with Gasteiger partial charge in [-0.25, -0.2) is 0 Å². The number of rotatable bonds is 7. The summed E-state index contributed by atoms with van der Waals surface area (Å²) in [5.74, 6) is 0.552. The van der Waals surface area contributed by atoms with E-state index in [4.69, 9.17) is 27.9 Å². The van der Waals surface area contributed by atoms with Crippen LogP contribution in [0.25, 0.3) is 0 Å². The van der Waals surface area contributed by atoms with E-state index in [-0.39, 0.29) is 18.9 Å². The standard InChI is InChI=1S/C21H25Cl2N3O2/c1-25-9-11-26(12-10-25)20-5-3-2-4-16(20)15-24-21(27)8-13-28-17-6-7-18(22)19(23)14-17/h2-7,14H,8-13,15H2,1H3,(H,24,27). The molecule has 0 aliphatic carbocycles. The van der Waals surface area contributed by atoms with E-state index in [1.165, 1.54) is 5.69 Å². The van der Waals surface area contributed by atoms with E-state index >= 15 is 0 Å². The van der Waals surface area contributed by atoms with Gasteiger partial charge in [0.15, 0.2) is 0 Å². The van der Waals surface area contributed by atoms with Crippen LogP contribution in [-0.4, -0.2) is 50.6 Å². The van der Waals surface area contributed by atoms with E-state index in [1.54, 1.807) is 18.2 Å². The van der Waals surface area contributed by atoms with Crippen molar-refractivity contribution in [1.29, 1.82) is 0 Å². The average molecular weight is 422 g/mol. The maximum Gasteiger partial charge on any atom is 0.223 e. The van der Waals surface area contributed by atoms with Crippen LogP contribution in [0.3, 0.4) is 0 Å². The van der Waals surface area contributed by atoms with Crippen LogP contribution >= 0.6 is 23.2 Å². The quantitative estimate of drug-likeness (QED) is 0.737. The van der Waals surface area contributed by atoms with Gasteiger partial charge in [0, 0.05) is 44.5 Å². The molecule has 0 saturated carbocycles. The second-order valence-electron chi connectivity index (χ2n) is 6.87. The zero-order valence-electron chi connectivity index (χ0n) is 16.0. The minimum Gasteiger partial charge on any atom is -0.493 e. The number of amides is 1. The summed E-state index contributed by atoms with van der Waals surface area (Å²) in [5.41, 5.74) is 2.33. The van der Waals surface area contributed by atoms with Crippen LogP contribution in [0.1, 0.15) is 12.0 Å². The number of anilines is 1. The summed E-state index contributed by atoms with van der Waals surface area (Å²) < 4.78 is 5.58. The molecule has 1 aliphatic heterocycles. The van der Waals surface area contributed by atoms with Gasteiger partial charge in [0.2, 0.25) is 5.91 Å². The average Bonchev–Trinajstić information content (AvgIpc) is 2.70. The number of nitrogens with one attached hydrogen (secondary N) is 1.